The Kier molecular flexibility index (Phi) is 3.09. The van der Waals surface area contributed by atoms with Crippen LogP contribution < -0.4 is 5.32 Å². The first-order valence-corrected chi connectivity index (χ1v) is 6.86. The quantitative estimate of drug-likeness (QED) is 0.728. The smallest absolute Gasteiger partial charge is 0.225 e. The first-order valence-electron chi connectivity index (χ1n) is 6.86. The Morgan fingerprint density at radius 1 is 1.29 bits per heavy atom. The van der Waals surface area contributed by atoms with Gasteiger partial charge < -0.3 is 15.0 Å². The van der Waals surface area contributed by atoms with Gasteiger partial charge in [0.1, 0.15) is 0 Å². The fraction of sp³-hybridized carbons (Fsp3) is 0.923. The maximum absolute atomic E-state index is 12.4. The number of ether oxygens (including phenoxy) is 1. The van der Waals surface area contributed by atoms with Crippen LogP contribution in [0.2, 0.25) is 0 Å². The van der Waals surface area contributed by atoms with Crippen molar-refractivity contribution in [2.45, 2.75) is 25.7 Å². The van der Waals surface area contributed by atoms with Crippen molar-refractivity contribution in [3.8, 4) is 0 Å². The Morgan fingerprint density at radius 3 is 2.82 bits per heavy atom. The summed E-state index contributed by atoms with van der Waals surface area (Å²) in [5.74, 6) is 0.616. The molecule has 17 heavy (non-hydrogen) atoms. The number of carbonyl (C=O) groups is 1. The lowest BCUT2D eigenvalue weighted by Crippen LogP contribution is -2.39. The topological polar surface area (TPSA) is 41.6 Å². The van der Waals surface area contributed by atoms with E-state index in [1.165, 1.54) is 12.8 Å². The molecular weight excluding hydrogens is 216 g/mol. The molecule has 3 heterocycles. The molecule has 1 N–H and O–H groups in total. The number of amides is 1. The number of rotatable bonds is 1. The van der Waals surface area contributed by atoms with Crippen LogP contribution in [0.3, 0.4) is 0 Å². The van der Waals surface area contributed by atoms with E-state index in [-0.39, 0.29) is 5.92 Å². The zero-order chi connectivity index (χ0) is 11.7. The highest BCUT2D eigenvalue weighted by Crippen LogP contribution is 2.37. The summed E-state index contributed by atoms with van der Waals surface area (Å²) in [6, 6.07) is 0. The van der Waals surface area contributed by atoms with Crippen LogP contribution in [0.1, 0.15) is 25.7 Å². The molecule has 1 amide bonds. The minimum Gasteiger partial charge on any atom is -0.381 e. The molecule has 0 saturated carbocycles. The second-order valence-corrected chi connectivity index (χ2v) is 5.82. The zero-order valence-electron chi connectivity index (χ0n) is 10.4. The van der Waals surface area contributed by atoms with Crippen LogP contribution in [0, 0.1) is 11.3 Å². The van der Waals surface area contributed by atoms with Crippen LogP contribution in [0.15, 0.2) is 0 Å². The standard InChI is InChI=1S/C13H22N2O2/c16-12(11-1-7-17-8-2-11)15-6-4-13(10-15)3-5-14-9-13/h11,14H,1-10H2. The molecule has 0 aromatic heterocycles. The summed E-state index contributed by atoms with van der Waals surface area (Å²) in [5, 5.41) is 3.44. The minimum atomic E-state index is 0.230. The average Bonchev–Trinajstić information content (AvgIpc) is 3.01. The molecule has 0 bridgehead atoms. The maximum Gasteiger partial charge on any atom is 0.225 e. The van der Waals surface area contributed by atoms with Gasteiger partial charge in [-0.1, -0.05) is 0 Å². The van der Waals surface area contributed by atoms with E-state index in [9.17, 15) is 4.79 Å². The van der Waals surface area contributed by atoms with Gasteiger partial charge in [0.25, 0.3) is 0 Å². The molecule has 1 atom stereocenters. The van der Waals surface area contributed by atoms with E-state index in [1.54, 1.807) is 0 Å². The van der Waals surface area contributed by atoms with E-state index in [1.807, 2.05) is 0 Å². The molecule has 1 unspecified atom stereocenters. The third-order valence-electron chi connectivity index (χ3n) is 4.65. The van der Waals surface area contributed by atoms with Crippen LogP contribution >= 0.6 is 0 Å². The summed E-state index contributed by atoms with van der Waals surface area (Å²) in [7, 11) is 0. The lowest BCUT2D eigenvalue weighted by atomic mass is 9.86. The molecule has 3 rings (SSSR count). The van der Waals surface area contributed by atoms with Crippen LogP contribution in [0.5, 0.6) is 0 Å². The molecule has 0 radical (unpaired) electrons. The molecule has 4 nitrogen and oxygen atoms in total. The number of hydrogen-bond donors (Lipinski definition) is 1. The highest BCUT2D eigenvalue weighted by Gasteiger charge is 2.42. The largest absolute Gasteiger partial charge is 0.381 e. The van der Waals surface area contributed by atoms with E-state index in [4.69, 9.17) is 4.74 Å². The number of nitrogens with zero attached hydrogens (tertiary/aromatic N) is 1. The lowest BCUT2D eigenvalue weighted by Gasteiger charge is -2.28. The third-order valence-corrected chi connectivity index (χ3v) is 4.65. The van der Waals surface area contributed by atoms with Crippen molar-refractivity contribution in [2.24, 2.45) is 11.3 Å². The van der Waals surface area contributed by atoms with E-state index in [2.05, 4.69) is 10.2 Å². The first kappa shape index (κ1) is 11.5. The molecule has 3 aliphatic rings. The fourth-order valence-corrected chi connectivity index (χ4v) is 3.47. The van der Waals surface area contributed by atoms with Crippen molar-refractivity contribution in [3.63, 3.8) is 0 Å². The Labute approximate surface area is 103 Å². The van der Waals surface area contributed by atoms with E-state index in [0.717, 1.165) is 52.2 Å². The van der Waals surface area contributed by atoms with Crippen molar-refractivity contribution in [1.29, 1.82) is 0 Å². The van der Waals surface area contributed by atoms with Gasteiger partial charge in [-0.15, -0.1) is 0 Å². The summed E-state index contributed by atoms with van der Waals surface area (Å²) < 4.78 is 5.33. The highest BCUT2D eigenvalue weighted by atomic mass is 16.5. The molecule has 3 fully saturated rings. The third kappa shape index (κ3) is 2.20. The Balaban J connectivity index is 1.59. The van der Waals surface area contributed by atoms with Crippen molar-refractivity contribution >= 4 is 5.91 Å². The van der Waals surface area contributed by atoms with Gasteiger partial charge in [0.2, 0.25) is 5.91 Å². The lowest BCUT2D eigenvalue weighted by molar-refractivity contribution is -0.137. The number of nitrogens with one attached hydrogen (secondary N) is 1. The van der Waals surface area contributed by atoms with E-state index in [0.29, 0.717) is 11.3 Å². The normalized spacial score (nSPS) is 34.7. The number of carbonyl (C=O) groups excluding carboxylic acids is 1. The molecule has 96 valence electrons. The Morgan fingerprint density at radius 2 is 2.12 bits per heavy atom. The molecule has 0 aromatic carbocycles. The van der Waals surface area contributed by atoms with E-state index < -0.39 is 0 Å². The van der Waals surface area contributed by atoms with Gasteiger partial charge >= 0.3 is 0 Å². The summed E-state index contributed by atoms with van der Waals surface area (Å²) in [5.41, 5.74) is 0.404. The van der Waals surface area contributed by atoms with Gasteiger partial charge in [-0.3, -0.25) is 4.79 Å². The average molecular weight is 238 g/mol. The predicted octanol–water partition coefficient (Wildman–Crippen LogP) is 0.625. The summed E-state index contributed by atoms with van der Waals surface area (Å²) in [6.45, 7) is 5.70. The van der Waals surface area contributed by atoms with Crippen molar-refractivity contribution < 1.29 is 9.53 Å². The van der Waals surface area contributed by atoms with Crippen LogP contribution in [0.25, 0.3) is 0 Å². The van der Waals surface area contributed by atoms with Gasteiger partial charge in [0, 0.05) is 44.2 Å². The van der Waals surface area contributed by atoms with Gasteiger partial charge in [0.05, 0.1) is 0 Å². The van der Waals surface area contributed by atoms with Gasteiger partial charge in [-0.2, -0.15) is 0 Å². The summed E-state index contributed by atoms with van der Waals surface area (Å²) >= 11 is 0. The Hall–Kier alpha value is -0.610. The van der Waals surface area contributed by atoms with Crippen LogP contribution in [-0.4, -0.2) is 50.2 Å². The second kappa shape index (κ2) is 4.58. The maximum atomic E-state index is 12.4. The molecule has 1 spiro atoms. The minimum absolute atomic E-state index is 0.230. The number of likely N-dealkylation sites (tertiary alicyclic amines) is 1. The summed E-state index contributed by atoms with van der Waals surface area (Å²) in [6.07, 6.45) is 4.26. The molecule has 3 saturated heterocycles. The van der Waals surface area contributed by atoms with Crippen molar-refractivity contribution in [3.05, 3.63) is 0 Å². The van der Waals surface area contributed by atoms with Crippen LogP contribution in [0.4, 0.5) is 0 Å². The zero-order valence-corrected chi connectivity index (χ0v) is 10.4. The highest BCUT2D eigenvalue weighted by molar-refractivity contribution is 5.79. The molecule has 4 heteroatoms. The molecule has 0 aliphatic carbocycles. The SMILES string of the molecule is O=C(C1CCOCC1)N1CCC2(CCNC2)C1. The second-order valence-electron chi connectivity index (χ2n) is 5.82. The van der Waals surface area contributed by atoms with Crippen molar-refractivity contribution in [2.75, 3.05) is 39.4 Å². The molecule has 3 aliphatic heterocycles. The van der Waals surface area contributed by atoms with Gasteiger partial charge in [-0.25, -0.2) is 0 Å². The summed E-state index contributed by atoms with van der Waals surface area (Å²) in [4.78, 5) is 14.5. The predicted molar refractivity (Wildman–Crippen MR) is 64.7 cm³/mol. The molecular formula is C13H22N2O2. The fourth-order valence-electron chi connectivity index (χ4n) is 3.47. The Bertz CT molecular complexity index is 294. The van der Waals surface area contributed by atoms with Crippen molar-refractivity contribution in [1.82, 2.24) is 10.2 Å². The van der Waals surface area contributed by atoms with Gasteiger partial charge in [0.15, 0.2) is 0 Å². The first-order chi connectivity index (χ1) is 8.29. The monoisotopic (exact) mass is 238 g/mol. The van der Waals surface area contributed by atoms with Crippen LogP contribution in [-0.2, 0) is 9.53 Å². The van der Waals surface area contributed by atoms with Gasteiger partial charge in [-0.05, 0) is 32.2 Å². The number of hydrogen-bond acceptors (Lipinski definition) is 3. The molecule has 0 aromatic rings. The van der Waals surface area contributed by atoms with E-state index >= 15 is 0 Å².